The minimum absolute atomic E-state index is 0.202. The summed E-state index contributed by atoms with van der Waals surface area (Å²) in [4.78, 5) is 12.2. The second kappa shape index (κ2) is 41.7. The van der Waals surface area contributed by atoms with Gasteiger partial charge >= 0.3 is 5.97 Å². The summed E-state index contributed by atoms with van der Waals surface area (Å²) in [6.45, 7) is 5.06. The van der Waals surface area contributed by atoms with Gasteiger partial charge in [-0.1, -0.05) is 163 Å². The van der Waals surface area contributed by atoms with Crippen LogP contribution >= 0.6 is 0 Å². The number of esters is 1. The van der Waals surface area contributed by atoms with Gasteiger partial charge in [0, 0.05) is 13.0 Å². The van der Waals surface area contributed by atoms with Crippen molar-refractivity contribution in [3.8, 4) is 0 Å². The summed E-state index contributed by atoms with van der Waals surface area (Å²) in [5, 5.41) is 9.57. The van der Waals surface area contributed by atoms with Gasteiger partial charge in [-0.3, -0.25) is 4.79 Å². The molecular formula is C45H76O4. The largest absolute Gasteiger partial charge is 0.457 e. The van der Waals surface area contributed by atoms with Gasteiger partial charge in [0.25, 0.3) is 0 Å². The van der Waals surface area contributed by atoms with E-state index in [4.69, 9.17) is 9.47 Å². The van der Waals surface area contributed by atoms with Crippen LogP contribution in [0.5, 0.6) is 0 Å². The number of aliphatic hydroxyl groups is 1. The van der Waals surface area contributed by atoms with Gasteiger partial charge in [-0.2, -0.15) is 0 Å². The molecule has 0 saturated heterocycles. The Morgan fingerprint density at radius 2 is 0.918 bits per heavy atom. The molecule has 0 fully saturated rings. The van der Waals surface area contributed by atoms with Crippen molar-refractivity contribution in [2.75, 3.05) is 19.8 Å². The zero-order valence-corrected chi connectivity index (χ0v) is 31.9. The van der Waals surface area contributed by atoms with Gasteiger partial charge in [0.1, 0.15) is 6.10 Å². The fourth-order valence-electron chi connectivity index (χ4n) is 5.22. The highest BCUT2D eigenvalue weighted by Gasteiger charge is 2.13. The molecular weight excluding hydrogens is 604 g/mol. The SMILES string of the molecule is CC/C=C\C/C=C\C/C=C\C/C=C\CCCOCC(CO)OC(=O)CCCCCCCCCC/C=C\C/C=C\C/C=C\CCCCCCC. The first-order valence-corrected chi connectivity index (χ1v) is 20.2. The standard InChI is InChI=1S/C45H76O4/c1-3-5-7-9-11-13-15-17-19-20-21-22-23-24-25-26-27-28-30-32-34-36-38-40-45(47)49-44(42-46)43-48-41-39-37-35-33-31-29-18-16-14-12-10-8-6-4-2/h6,8,12,14-15,17-18,20-21,23-24,29,33,35,44,46H,3-5,7,9-11,13,16,19,22,25-28,30-32,34,36-43H2,1-2H3/b8-6-,14-12-,17-15-,21-20-,24-23-,29-18-,35-33-. The maximum atomic E-state index is 12.2. The average molecular weight is 681 g/mol. The van der Waals surface area contributed by atoms with Crippen LogP contribution in [0.25, 0.3) is 0 Å². The number of allylic oxidation sites excluding steroid dienone is 14. The number of aliphatic hydroxyl groups excluding tert-OH is 1. The summed E-state index contributed by atoms with van der Waals surface area (Å²) in [5.41, 5.74) is 0. The molecule has 0 rings (SSSR count). The number of unbranched alkanes of at least 4 members (excludes halogenated alkanes) is 14. The van der Waals surface area contributed by atoms with Gasteiger partial charge in [-0.05, 0) is 83.5 Å². The Bertz CT molecular complexity index is 892. The van der Waals surface area contributed by atoms with Gasteiger partial charge in [0.2, 0.25) is 0 Å². The zero-order chi connectivity index (χ0) is 35.6. The molecule has 0 bridgehead atoms. The molecule has 4 nitrogen and oxygen atoms in total. The lowest BCUT2D eigenvalue weighted by molar-refractivity contribution is -0.154. The molecule has 0 amide bonds. The van der Waals surface area contributed by atoms with Crippen molar-refractivity contribution in [2.24, 2.45) is 0 Å². The molecule has 0 aliphatic heterocycles. The summed E-state index contributed by atoms with van der Waals surface area (Å²) >= 11 is 0. The summed E-state index contributed by atoms with van der Waals surface area (Å²) in [7, 11) is 0. The Labute approximate surface area is 303 Å². The number of carbonyl (C=O) groups excluding carboxylic acids is 1. The molecule has 49 heavy (non-hydrogen) atoms. The molecule has 0 aromatic heterocycles. The Morgan fingerprint density at radius 1 is 0.510 bits per heavy atom. The van der Waals surface area contributed by atoms with E-state index in [1.165, 1.54) is 83.5 Å². The van der Waals surface area contributed by atoms with Gasteiger partial charge in [0.05, 0.1) is 13.2 Å². The van der Waals surface area contributed by atoms with Crippen LogP contribution in [0.4, 0.5) is 0 Å². The molecule has 0 spiro atoms. The molecule has 0 aliphatic carbocycles. The van der Waals surface area contributed by atoms with E-state index in [1.54, 1.807) is 0 Å². The van der Waals surface area contributed by atoms with Crippen molar-refractivity contribution >= 4 is 5.97 Å². The Morgan fingerprint density at radius 3 is 1.39 bits per heavy atom. The molecule has 280 valence electrons. The van der Waals surface area contributed by atoms with E-state index in [0.717, 1.165) is 64.2 Å². The van der Waals surface area contributed by atoms with E-state index in [2.05, 4.69) is 98.9 Å². The maximum Gasteiger partial charge on any atom is 0.306 e. The van der Waals surface area contributed by atoms with E-state index in [0.29, 0.717) is 13.0 Å². The highest BCUT2D eigenvalue weighted by molar-refractivity contribution is 5.69. The van der Waals surface area contributed by atoms with Crippen molar-refractivity contribution in [1.29, 1.82) is 0 Å². The first-order valence-electron chi connectivity index (χ1n) is 20.2. The molecule has 0 heterocycles. The molecule has 0 saturated carbocycles. The lowest BCUT2D eigenvalue weighted by Gasteiger charge is -2.15. The van der Waals surface area contributed by atoms with Crippen molar-refractivity contribution in [3.63, 3.8) is 0 Å². The molecule has 0 radical (unpaired) electrons. The van der Waals surface area contributed by atoms with Crippen LogP contribution in [0.15, 0.2) is 85.1 Å². The lowest BCUT2D eigenvalue weighted by Crippen LogP contribution is -2.27. The number of hydrogen-bond donors (Lipinski definition) is 1. The fourth-order valence-corrected chi connectivity index (χ4v) is 5.22. The van der Waals surface area contributed by atoms with Crippen LogP contribution in [0, 0.1) is 0 Å². The van der Waals surface area contributed by atoms with E-state index in [9.17, 15) is 9.90 Å². The van der Waals surface area contributed by atoms with E-state index < -0.39 is 6.10 Å². The third-order valence-electron chi connectivity index (χ3n) is 8.20. The van der Waals surface area contributed by atoms with Gasteiger partial charge < -0.3 is 14.6 Å². The highest BCUT2D eigenvalue weighted by Crippen LogP contribution is 2.12. The molecule has 4 heteroatoms. The number of ether oxygens (including phenoxy) is 2. The summed E-state index contributed by atoms with van der Waals surface area (Å²) in [6, 6.07) is 0. The van der Waals surface area contributed by atoms with Crippen molar-refractivity contribution in [3.05, 3.63) is 85.1 Å². The minimum Gasteiger partial charge on any atom is -0.457 e. The minimum atomic E-state index is -0.571. The zero-order valence-electron chi connectivity index (χ0n) is 31.9. The molecule has 1 atom stereocenters. The van der Waals surface area contributed by atoms with E-state index in [1.807, 2.05) is 0 Å². The Kier molecular flexibility index (Phi) is 39.7. The van der Waals surface area contributed by atoms with Crippen molar-refractivity contribution in [2.45, 2.75) is 174 Å². The Hall–Kier alpha value is -2.43. The monoisotopic (exact) mass is 681 g/mol. The quantitative estimate of drug-likeness (QED) is 0.0406. The lowest BCUT2D eigenvalue weighted by atomic mass is 10.1. The van der Waals surface area contributed by atoms with Crippen LogP contribution in [0.2, 0.25) is 0 Å². The molecule has 0 aromatic rings. The van der Waals surface area contributed by atoms with E-state index in [-0.39, 0.29) is 19.2 Å². The second-order valence-electron chi connectivity index (χ2n) is 13.0. The summed E-state index contributed by atoms with van der Waals surface area (Å²) < 4.78 is 11.1. The molecule has 1 N–H and O–H groups in total. The summed E-state index contributed by atoms with van der Waals surface area (Å²) in [5.74, 6) is -0.230. The third-order valence-corrected chi connectivity index (χ3v) is 8.20. The normalized spacial score (nSPS) is 13.3. The average Bonchev–Trinajstić information content (AvgIpc) is 3.11. The Balaban J connectivity index is 3.55. The predicted molar refractivity (Wildman–Crippen MR) is 214 cm³/mol. The van der Waals surface area contributed by atoms with Gasteiger partial charge in [0.15, 0.2) is 0 Å². The van der Waals surface area contributed by atoms with E-state index >= 15 is 0 Å². The second-order valence-corrected chi connectivity index (χ2v) is 13.0. The van der Waals surface area contributed by atoms with Crippen LogP contribution in [0.1, 0.15) is 168 Å². The van der Waals surface area contributed by atoms with Gasteiger partial charge in [-0.15, -0.1) is 0 Å². The van der Waals surface area contributed by atoms with Crippen molar-refractivity contribution < 1.29 is 19.4 Å². The summed E-state index contributed by atoms with van der Waals surface area (Å²) in [6.07, 6.45) is 57.9. The number of carbonyl (C=O) groups is 1. The van der Waals surface area contributed by atoms with Crippen LogP contribution in [0.3, 0.4) is 0 Å². The van der Waals surface area contributed by atoms with Crippen LogP contribution in [-0.2, 0) is 14.3 Å². The first-order chi connectivity index (χ1) is 24.2. The highest BCUT2D eigenvalue weighted by atomic mass is 16.6. The van der Waals surface area contributed by atoms with Gasteiger partial charge in [-0.25, -0.2) is 0 Å². The first kappa shape index (κ1) is 46.6. The fraction of sp³-hybridized carbons (Fsp3) is 0.667. The van der Waals surface area contributed by atoms with Crippen molar-refractivity contribution in [1.82, 2.24) is 0 Å². The number of rotatable bonds is 36. The molecule has 0 aliphatic rings. The topological polar surface area (TPSA) is 55.8 Å². The predicted octanol–water partition coefficient (Wildman–Crippen LogP) is 13.2. The number of hydrogen-bond acceptors (Lipinski definition) is 4. The van der Waals surface area contributed by atoms with Crippen LogP contribution in [-0.4, -0.2) is 37.0 Å². The maximum absolute atomic E-state index is 12.2. The third kappa shape index (κ3) is 39.9. The smallest absolute Gasteiger partial charge is 0.306 e. The van der Waals surface area contributed by atoms with Crippen LogP contribution < -0.4 is 0 Å². The molecule has 1 unspecified atom stereocenters. The molecule has 0 aromatic carbocycles.